The Morgan fingerprint density at radius 3 is 2.94 bits per heavy atom. The van der Waals surface area contributed by atoms with Gasteiger partial charge in [0.25, 0.3) is 0 Å². The molecule has 0 amide bonds. The Hall–Kier alpha value is -0.610. The van der Waals surface area contributed by atoms with Gasteiger partial charge in [-0.25, -0.2) is 4.98 Å². The predicted molar refractivity (Wildman–Crippen MR) is 71.8 cm³/mol. The highest BCUT2D eigenvalue weighted by molar-refractivity contribution is 7.13. The molecule has 94 valence electrons. The summed E-state index contributed by atoms with van der Waals surface area (Å²) in [5.74, 6) is 3.01. The summed E-state index contributed by atoms with van der Waals surface area (Å²) in [6, 6.07) is 0. The van der Waals surface area contributed by atoms with Gasteiger partial charge < -0.3 is 10.6 Å². The molecule has 2 fully saturated rings. The summed E-state index contributed by atoms with van der Waals surface area (Å²) in [4.78, 5) is 6.74. The molecule has 3 unspecified atom stereocenters. The molecule has 2 bridgehead atoms. The molecule has 2 saturated carbocycles. The molecule has 1 heterocycles. The monoisotopic (exact) mass is 251 g/mol. The minimum absolute atomic E-state index is 0.688. The first-order valence-electron chi connectivity index (χ1n) is 6.59. The van der Waals surface area contributed by atoms with Gasteiger partial charge in [0.2, 0.25) is 0 Å². The van der Waals surface area contributed by atoms with E-state index in [1.165, 1.54) is 32.2 Å². The van der Waals surface area contributed by atoms with Crippen LogP contribution in [0.4, 0.5) is 5.13 Å². The fraction of sp³-hybridized carbons (Fsp3) is 0.769. The number of aromatic nitrogens is 1. The summed E-state index contributed by atoms with van der Waals surface area (Å²) >= 11 is 1.54. The van der Waals surface area contributed by atoms with Gasteiger partial charge in [0, 0.05) is 18.5 Å². The first kappa shape index (κ1) is 11.5. The smallest absolute Gasteiger partial charge is 0.180 e. The fourth-order valence-electron chi connectivity index (χ4n) is 3.74. The Morgan fingerprint density at radius 1 is 1.47 bits per heavy atom. The van der Waals surface area contributed by atoms with E-state index < -0.39 is 0 Å². The van der Waals surface area contributed by atoms with Crippen molar-refractivity contribution in [1.29, 1.82) is 0 Å². The van der Waals surface area contributed by atoms with Crippen LogP contribution in [-0.4, -0.2) is 23.5 Å². The summed E-state index contributed by atoms with van der Waals surface area (Å²) in [6.45, 7) is 2.18. The molecule has 0 aliphatic heterocycles. The number of anilines is 1. The second-order valence-electron chi connectivity index (χ2n) is 5.81. The van der Waals surface area contributed by atoms with E-state index in [0.29, 0.717) is 5.13 Å². The normalized spacial score (nSPS) is 31.5. The molecule has 0 spiro atoms. The van der Waals surface area contributed by atoms with E-state index in [9.17, 15) is 0 Å². The first-order valence-corrected chi connectivity index (χ1v) is 7.47. The summed E-state index contributed by atoms with van der Waals surface area (Å²) in [5, 5.41) is 2.76. The van der Waals surface area contributed by atoms with Gasteiger partial charge in [-0.2, -0.15) is 0 Å². The minimum Gasteiger partial charge on any atom is -0.375 e. The second kappa shape index (κ2) is 4.58. The molecule has 2 aliphatic rings. The van der Waals surface area contributed by atoms with E-state index in [-0.39, 0.29) is 0 Å². The number of nitrogens with two attached hydrogens (primary N) is 1. The Kier molecular flexibility index (Phi) is 3.09. The van der Waals surface area contributed by atoms with Gasteiger partial charge in [-0.1, -0.05) is 6.42 Å². The number of fused-ring (bicyclic) bond motifs is 2. The highest BCUT2D eigenvalue weighted by atomic mass is 32.1. The van der Waals surface area contributed by atoms with Crippen molar-refractivity contribution >= 4 is 16.5 Å². The highest BCUT2D eigenvalue weighted by Gasteiger charge is 2.39. The van der Waals surface area contributed by atoms with Gasteiger partial charge >= 0.3 is 0 Å². The third-order valence-electron chi connectivity index (χ3n) is 4.43. The molecule has 3 nitrogen and oxygen atoms in total. The third kappa shape index (κ3) is 2.47. The molecular weight excluding hydrogens is 230 g/mol. The molecule has 2 N–H and O–H groups in total. The fourth-order valence-corrected chi connectivity index (χ4v) is 4.29. The molecule has 1 aromatic rings. The molecule has 4 heteroatoms. The third-order valence-corrected chi connectivity index (χ3v) is 5.15. The number of nitrogens with zero attached hydrogens (tertiary/aromatic N) is 2. The lowest BCUT2D eigenvalue weighted by Gasteiger charge is -2.26. The van der Waals surface area contributed by atoms with Gasteiger partial charge in [-0.3, -0.25) is 0 Å². The van der Waals surface area contributed by atoms with Gasteiger partial charge in [-0.05, 0) is 44.1 Å². The first-order chi connectivity index (χ1) is 8.20. The van der Waals surface area contributed by atoms with Crippen molar-refractivity contribution in [2.45, 2.75) is 32.2 Å². The number of hydrogen-bond acceptors (Lipinski definition) is 4. The molecule has 3 atom stereocenters. The average molecular weight is 251 g/mol. The molecule has 17 heavy (non-hydrogen) atoms. The van der Waals surface area contributed by atoms with Crippen molar-refractivity contribution < 1.29 is 0 Å². The molecule has 1 aromatic heterocycles. The Morgan fingerprint density at radius 2 is 2.35 bits per heavy atom. The van der Waals surface area contributed by atoms with Crippen LogP contribution in [-0.2, 0) is 6.54 Å². The zero-order valence-electron chi connectivity index (χ0n) is 10.4. The van der Waals surface area contributed by atoms with Crippen LogP contribution >= 0.6 is 11.3 Å². The van der Waals surface area contributed by atoms with Crippen molar-refractivity contribution in [3.8, 4) is 0 Å². The summed E-state index contributed by atoms with van der Waals surface area (Å²) in [6.07, 6.45) is 5.94. The number of rotatable bonds is 4. The van der Waals surface area contributed by atoms with Crippen LogP contribution in [0.1, 0.15) is 31.4 Å². The van der Waals surface area contributed by atoms with Crippen molar-refractivity contribution in [3.63, 3.8) is 0 Å². The van der Waals surface area contributed by atoms with Crippen molar-refractivity contribution in [2.24, 2.45) is 17.8 Å². The summed E-state index contributed by atoms with van der Waals surface area (Å²) in [5.41, 5.74) is 6.78. The van der Waals surface area contributed by atoms with Crippen LogP contribution in [0.2, 0.25) is 0 Å². The van der Waals surface area contributed by atoms with Crippen molar-refractivity contribution in [2.75, 3.05) is 19.3 Å². The van der Waals surface area contributed by atoms with E-state index in [4.69, 9.17) is 5.73 Å². The quantitative estimate of drug-likeness (QED) is 0.894. The van der Waals surface area contributed by atoms with E-state index >= 15 is 0 Å². The van der Waals surface area contributed by atoms with Crippen LogP contribution in [0.25, 0.3) is 0 Å². The van der Waals surface area contributed by atoms with Crippen LogP contribution in [0, 0.1) is 17.8 Å². The molecule has 2 aliphatic carbocycles. The van der Waals surface area contributed by atoms with Crippen molar-refractivity contribution in [1.82, 2.24) is 9.88 Å². The minimum atomic E-state index is 0.688. The SMILES string of the molecule is CN(Cc1csc(N)n1)CC1CC2CCC1C2. The zero-order chi connectivity index (χ0) is 11.8. The molecule has 0 aromatic carbocycles. The van der Waals surface area contributed by atoms with Crippen LogP contribution in [0.5, 0.6) is 0 Å². The number of thiazole rings is 1. The van der Waals surface area contributed by atoms with Gasteiger partial charge in [0.1, 0.15) is 0 Å². The highest BCUT2D eigenvalue weighted by Crippen LogP contribution is 2.48. The van der Waals surface area contributed by atoms with Gasteiger partial charge in [0.05, 0.1) is 5.69 Å². The zero-order valence-corrected chi connectivity index (χ0v) is 11.2. The maximum absolute atomic E-state index is 5.66. The van der Waals surface area contributed by atoms with E-state index in [2.05, 4.69) is 22.3 Å². The number of hydrogen-bond donors (Lipinski definition) is 1. The lowest BCUT2D eigenvalue weighted by molar-refractivity contribution is 0.213. The van der Waals surface area contributed by atoms with Crippen molar-refractivity contribution in [3.05, 3.63) is 11.1 Å². The molecular formula is C13H21N3S. The Balaban J connectivity index is 1.52. The molecule has 0 radical (unpaired) electrons. The van der Waals surface area contributed by atoms with Gasteiger partial charge in [-0.15, -0.1) is 11.3 Å². The summed E-state index contributed by atoms with van der Waals surface area (Å²) in [7, 11) is 2.21. The average Bonchev–Trinajstić information content (AvgIpc) is 2.95. The van der Waals surface area contributed by atoms with Gasteiger partial charge in [0.15, 0.2) is 5.13 Å². The molecule has 0 saturated heterocycles. The standard InChI is InChI=1S/C13H21N3S/c1-16(7-12-8-17-13(14)15-12)6-11-5-9-2-3-10(11)4-9/h8-11H,2-7H2,1H3,(H2,14,15). The van der Waals surface area contributed by atoms with Crippen LogP contribution < -0.4 is 5.73 Å². The Bertz CT molecular complexity index is 390. The maximum Gasteiger partial charge on any atom is 0.180 e. The lowest BCUT2D eigenvalue weighted by Crippen LogP contribution is -2.28. The topological polar surface area (TPSA) is 42.1 Å². The van der Waals surface area contributed by atoms with Crippen LogP contribution in [0.3, 0.4) is 0 Å². The van der Waals surface area contributed by atoms with E-state index in [0.717, 1.165) is 30.0 Å². The predicted octanol–water partition coefficient (Wildman–Crippen LogP) is 2.59. The maximum atomic E-state index is 5.66. The van der Waals surface area contributed by atoms with E-state index in [1.54, 1.807) is 11.3 Å². The number of nitrogen functional groups attached to an aromatic ring is 1. The summed E-state index contributed by atoms with van der Waals surface area (Å²) < 4.78 is 0. The van der Waals surface area contributed by atoms with E-state index in [1.807, 2.05) is 0 Å². The second-order valence-corrected chi connectivity index (χ2v) is 6.70. The Labute approximate surface area is 107 Å². The van der Waals surface area contributed by atoms with Crippen LogP contribution in [0.15, 0.2) is 5.38 Å². The largest absolute Gasteiger partial charge is 0.375 e. The molecule has 3 rings (SSSR count). The lowest BCUT2D eigenvalue weighted by atomic mass is 9.88.